The van der Waals surface area contributed by atoms with E-state index in [4.69, 9.17) is 20.3 Å². The Bertz CT molecular complexity index is 812. The highest BCUT2D eigenvalue weighted by Crippen LogP contribution is 2.38. The van der Waals surface area contributed by atoms with E-state index in [-0.39, 0.29) is 17.0 Å². The van der Waals surface area contributed by atoms with E-state index in [0.717, 1.165) is 10.9 Å². The Hall–Kier alpha value is -1.73. The fourth-order valence-corrected chi connectivity index (χ4v) is 2.71. The third kappa shape index (κ3) is 3.10. The largest absolute Gasteiger partial charge is 0.469 e. The Morgan fingerprint density at radius 1 is 1.38 bits per heavy atom. The van der Waals surface area contributed by atoms with Crippen LogP contribution in [0.4, 0.5) is 10.2 Å². The number of rotatable bonds is 4. The molecule has 3 rings (SSSR count). The van der Waals surface area contributed by atoms with E-state index in [2.05, 4.69) is 19.5 Å². The second-order valence-corrected chi connectivity index (χ2v) is 6.27. The van der Waals surface area contributed by atoms with Gasteiger partial charge < -0.3 is 30.5 Å². The number of phosphoric ester groups is 1. The standard InChI is InChI=1S/C10H13FN5O7P/c11-10-14-7(12)4-8(15-10)16(2-13-4)9-6(18)5(17)3(23-9)1-22-24(19,20)21/h2-3,5-6,9,17-18H,1H2,(H2,12,14,15)(H2,19,20,21)/t3-,5?,6+,9?/m1/s1. The van der Waals surface area contributed by atoms with Gasteiger partial charge in [0, 0.05) is 0 Å². The van der Waals surface area contributed by atoms with Crippen LogP contribution in [0.3, 0.4) is 0 Å². The summed E-state index contributed by atoms with van der Waals surface area (Å²) in [6.45, 7) is -0.670. The summed E-state index contributed by atoms with van der Waals surface area (Å²) in [5, 5.41) is 20.0. The number of anilines is 1. The highest BCUT2D eigenvalue weighted by Gasteiger charge is 2.45. The van der Waals surface area contributed by atoms with Crippen molar-refractivity contribution in [2.45, 2.75) is 24.5 Å². The van der Waals surface area contributed by atoms with Crippen molar-refractivity contribution in [1.29, 1.82) is 0 Å². The molecule has 1 fully saturated rings. The van der Waals surface area contributed by atoms with Gasteiger partial charge in [0.2, 0.25) is 0 Å². The van der Waals surface area contributed by atoms with Crippen molar-refractivity contribution in [3.05, 3.63) is 12.4 Å². The fraction of sp³-hybridized carbons (Fsp3) is 0.500. The average molecular weight is 365 g/mol. The Balaban J connectivity index is 1.89. The Morgan fingerprint density at radius 3 is 2.75 bits per heavy atom. The zero-order valence-corrected chi connectivity index (χ0v) is 12.7. The lowest BCUT2D eigenvalue weighted by Crippen LogP contribution is -2.33. The van der Waals surface area contributed by atoms with E-state index in [1.54, 1.807) is 0 Å². The topological polar surface area (TPSA) is 186 Å². The number of fused-ring (bicyclic) bond motifs is 1. The molecule has 4 atom stereocenters. The van der Waals surface area contributed by atoms with Crippen molar-refractivity contribution >= 4 is 24.8 Å². The maximum Gasteiger partial charge on any atom is 0.469 e. The van der Waals surface area contributed by atoms with Gasteiger partial charge >= 0.3 is 13.9 Å². The predicted octanol–water partition coefficient (Wildman–Crippen LogP) is -1.72. The Labute approximate surface area is 132 Å². The molecule has 132 valence electrons. The fourth-order valence-electron chi connectivity index (χ4n) is 2.36. The van der Waals surface area contributed by atoms with Crippen molar-refractivity contribution in [1.82, 2.24) is 19.5 Å². The van der Waals surface area contributed by atoms with Crippen molar-refractivity contribution in [2.75, 3.05) is 12.3 Å². The van der Waals surface area contributed by atoms with Crippen LogP contribution in [-0.2, 0) is 13.8 Å². The first-order valence-electron chi connectivity index (χ1n) is 6.54. The zero-order valence-electron chi connectivity index (χ0n) is 11.8. The lowest BCUT2D eigenvalue weighted by molar-refractivity contribution is -0.0504. The number of phosphoric acid groups is 1. The summed E-state index contributed by atoms with van der Waals surface area (Å²) in [5.74, 6) is -0.217. The van der Waals surface area contributed by atoms with E-state index < -0.39 is 45.0 Å². The highest BCUT2D eigenvalue weighted by molar-refractivity contribution is 7.46. The molecule has 2 aromatic rings. The molecular weight excluding hydrogens is 352 g/mol. The van der Waals surface area contributed by atoms with E-state index >= 15 is 0 Å². The van der Waals surface area contributed by atoms with E-state index in [1.165, 1.54) is 0 Å². The molecule has 1 saturated heterocycles. The first-order valence-corrected chi connectivity index (χ1v) is 8.07. The second-order valence-electron chi connectivity index (χ2n) is 5.03. The quantitative estimate of drug-likeness (QED) is 0.306. The average Bonchev–Trinajstić information content (AvgIpc) is 3.00. The molecule has 0 bridgehead atoms. The maximum atomic E-state index is 13.3. The summed E-state index contributed by atoms with van der Waals surface area (Å²) < 4.78 is 34.8. The monoisotopic (exact) mass is 365 g/mol. The minimum atomic E-state index is -4.78. The number of hydrogen-bond acceptors (Lipinski definition) is 9. The predicted molar refractivity (Wildman–Crippen MR) is 73.6 cm³/mol. The van der Waals surface area contributed by atoms with Crippen LogP contribution in [-0.4, -0.2) is 64.4 Å². The van der Waals surface area contributed by atoms with Gasteiger partial charge in [-0.15, -0.1) is 0 Å². The van der Waals surface area contributed by atoms with Crippen molar-refractivity contribution < 1.29 is 38.2 Å². The van der Waals surface area contributed by atoms with Crippen LogP contribution in [0.15, 0.2) is 6.33 Å². The Morgan fingerprint density at radius 2 is 2.08 bits per heavy atom. The molecule has 2 aromatic heterocycles. The zero-order chi connectivity index (χ0) is 17.6. The molecule has 0 saturated carbocycles. The third-order valence-corrected chi connectivity index (χ3v) is 3.92. The number of nitrogen functional groups attached to an aromatic ring is 1. The van der Waals surface area contributed by atoms with Crippen molar-refractivity contribution in [3.8, 4) is 0 Å². The summed E-state index contributed by atoms with van der Waals surface area (Å²) >= 11 is 0. The van der Waals surface area contributed by atoms with Gasteiger partial charge in [-0.2, -0.15) is 14.4 Å². The molecule has 0 aromatic carbocycles. The summed E-state index contributed by atoms with van der Waals surface area (Å²) in [4.78, 5) is 28.1. The molecule has 1 aliphatic heterocycles. The summed E-state index contributed by atoms with van der Waals surface area (Å²) in [6, 6.07) is 0. The summed E-state index contributed by atoms with van der Waals surface area (Å²) in [7, 11) is -4.78. The minimum absolute atomic E-state index is 0.0663. The second kappa shape index (κ2) is 5.97. The lowest BCUT2D eigenvalue weighted by atomic mass is 10.1. The Kier molecular flexibility index (Phi) is 4.25. The maximum absolute atomic E-state index is 13.3. The van der Waals surface area contributed by atoms with Gasteiger partial charge in [0.25, 0.3) is 0 Å². The molecule has 6 N–H and O–H groups in total. The molecule has 24 heavy (non-hydrogen) atoms. The van der Waals surface area contributed by atoms with Gasteiger partial charge in [0.1, 0.15) is 18.3 Å². The van der Waals surface area contributed by atoms with Crippen LogP contribution in [0, 0.1) is 6.08 Å². The molecule has 0 radical (unpaired) electrons. The van der Waals surface area contributed by atoms with Gasteiger partial charge in [-0.05, 0) is 0 Å². The molecule has 0 spiro atoms. The SMILES string of the molecule is Nc1nc(F)nc2c1ncn2C1O[C@H](COP(=O)(O)O)C(O)[C@@H]1O. The number of aliphatic hydroxyl groups excluding tert-OH is 2. The summed E-state index contributed by atoms with van der Waals surface area (Å²) in [5.41, 5.74) is 5.52. The smallest absolute Gasteiger partial charge is 0.387 e. The van der Waals surface area contributed by atoms with Crippen LogP contribution in [0.25, 0.3) is 11.2 Å². The van der Waals surface area contributed by atoms with Gasteiger partial charge in [-0.1, -0.05) is 0 Å². The molecule has 3 heterocycles. The van der Waals surface area contributed by atoms with Gasteiger partial charge in [0.05, 0.1) is 12.9 Å². The summed E-state index contributed by atoms with van der Waals surface area (Å²) in [6.07, 6.45) is -5.46. The molecule has 1 aliphatic rings. The number of nitrogens with zero attached hydrogens (tertiary/aromatic N) is 4. The first-order chi connectivity index (χ1) is 11.2. The third-order valence-electron chi connectivity index (χ3n) is 3.44. The molecule has 2 unspecified atom stereocenters. The number of hydrogen-bond donors (Lipinski definition) is 5. The molecule has 0 amide bonds. The van der Waals surface area contributed by atoms with Crippen molar-refractivity contribution in [2.24, 2.45) is 0 Å². The van der Waals surface area contributed by atoms with Crippen LogP contribution in [0.2, 0.25) is 0 Å². The first kappa shape index (κ1) is 17.1. The molecule has 14 heteroatoms. The number of ether oxygens (including phenoxy) is 1. The van der Waals surface area contributed by atoms with Crippen LogP contribution >= 0.6 is 7.82 Å². The van der Waals surface area contributed by atoms with E-state index in [0.29, 0.717) is 0 Å². The molecular formula is C10H13FN5O7P. The van der Waals surface area contributed by atoms with Crippen LogP contribution < -0.4 is 5.73 Å². The highest BCUT2D eigenvalue weighted by atomic mass is 31.2. The van der Waals surface area contributed by atoms with E-state index in [9.17, 15) is 19.2 Å². The van der Waals surface area contributed by atoms with Crippen molar-refractivity contribution in [3.63, 3.8) is 0 Å². The minimum Gasteiger partial charge on any atom is -0.387 e. The molecule has 12 nitrogen and oxygen atoms in total. The number of halogens is 1. The van der Waals surface area contributed by atoms with E-state index in [1.807, 2.05) is 0 Å². The number of imidazole rings is 1. The lowest BCUT2D eigenvalue weighted by Gasteiger charge is -2.16. The number of nitrogens with two attached hydrogens (primary N) is 1. The normalized spacial score (nSPS) is 27.9. The van der Waals surface area contributed by atoms with Gasteiger partial charge in [-0.25, -0.2) is 9.55 Å². The molecule has 0 aliphatic carbocycles. The van der Waals surface area contributed by atoms with Gasteiger partial charge in [-0.3, -0.25) is 9.09 Å². The van der Waals surface area contributed by atoms with Gasteiger partial charge in [0.15, 0.2) is 23.2 Å². The van der Waals surface area contributed by atoms with Crippen LogP contribution in [0.1, 0.15) is 6.23 Å². The van der Waals surface area contributed by atoms with Crippen LogP contribution in [0.5, 0.6) is 0 Å². The number of aromatic nitrogens is 4. The number of aliphatic hydroxyl groups is 2.